The van der Waals surface area contributed by atoms with Crippen molar-refractivity contribution in [2.24, 2.45) is 0 Å². The van der Waals surface area contributed by atoms with E-state index in [2.05, 4.69) is 15.8 Å². The molecule has 3 N–H and O–H groups in total. The number of hydrogen-bond acceptors (Lipinski definition) is 5. The van der Waals surface area contributed by atoms with E-state index in [1.165, 1.54) is 11.9 Å². The Morgan fingerprint density at radius 1 is 1.31 bits per heavy atom. The molecule has 0 amide bonds. The highest BCUT2D eigenvalue weighted by Gasteiger charge is 2.14. The lowest BCUT2D eigenvalue weighted by Crippen LogP contribution is -2.27. The van der Waals surface area contributed by atoms with Gasteiger partial charge in [-0.3, -0.25) is 0 Å². The predicted octanol–water partition coefficient (Wildman–Crippen LogP) is 4.62. The summed E-state index contributed by atoms with van der Waals surface area (Å²) in [6.07, 6.45) is 1.73. The first-order valence-corrected chi connectivity index (χ1v) is 9.08. The van der Waals surface area contributed by atoms with Crippen LogP contribution in [0.3, 0.4) is 0 Å². The van der Waals surface area contributed by atoms with Gasteiger partial charge in [0, 0.05) is 16.5 Å². The van der Waals surface area contributed by atoms with Gasteiger partial charge in [-0.15, -0.1) is 0 Å². The number of aryl methyl sites for hydroxylation is 1. The van der Waals surface area contributed by atoms with Crippen molar-refractivity contribution in [3.63, 3.8) is 0 Å². The number of rotatable bonds is 6. The van der Waals surface area contributed by atoms with E-state index in [1.54, 1.807) is 20.0 Å². The number of nitriles is 1. The molecular formula is C20H21N3O2S. The average Bonchev–Trinajstić information content (AvgIpc) is 3.04. The lowest BCUT2D eigenvalue weighted by atomic mass is 10.1. The molecule has 0 fully saturated rings. The molecule has 0 radical (unpaired) electrons. The minimum atomic E-state index is -0.874. The molecule has 0 aliphatic heterocycles. The van der Waals surface area contributed by atoms with Gasteiger partial charge >= 0.3 is 0 Å². The molecule has 0 saturated heterocycles. The van der Waals surface area contributed by atoms with E-state index < -0.39 is 5.60 Å². The van der Waals surface area contributed by atoms with E-state index >= 15 is 0 Å². The Kier molecular flexibility index (Phi) is 5.12. The molecule has 1 aromatic heterocycles. The minimum absolute atomic E-state index is 0.229. The second kappa shape index (κ2) is 7.32. The van der Waals surface area contributed by atoms with E-state index in [9.17, 15) is 10.4 Å². The molecule has 0 saturated carbocycles. The van der Waals surface area contributed by atoms with Crippen molar-refractivity contribution in [3.8, 4) is 11.8 Å². The van der Waals surface area contributed by atoms with Gasteiger partial charge in [-0.25, -0.2) is 0 Å². The summed E-state index contributed by atoms with van der Waals surface area (Å²) in [4.78, 5) is 4.17. The summed E-state index contributed by atoms with van der Waals surface area (Å²) in [5.74, 6) is 0.708. The fourth-order valence-electron chi connectivity index (χ4n) is 2.59. The van der Waals surface area contributed by atoms with Crippen LogP contribution in [0, 0.1) is 18.3 Å². The average molecular weight is 367 g/mol. The van der Waals surface area contributed by atoms with Gasteiger partial charge in [0.25, 0.3) is 0 Å². The predicted molar refractivity (Wildman–Crippen MR) is 105 cm³/mol. The van der Waals surface area contributed by atoms with Crippen molar-refractivity contribution < 1.29 is 9.84 Å². The van der Waals surface area contributed by atoms with Crippen LogP contribution in [0.25, 0.3) is 10.9 Å². The molecule has 3 rings (SSSR count). The van der Waals surface area contributed by atoms with Crippen molar-refractivity contribution in [3.05, 3.63) is 53.7 Å². The molecule has 26 heavy (non-hydrogen) atoms. The van der Waals surface area contributed by atoms with E-state index in [0.29, 0.717) is 11.3 Å². The number of fused-ring (bicyclic) bond motifs is 1. The summed E-state index contributed by atoms with van der Waals surface area (Å²) in [5.41, 5.74) is 2.67. The Balaban J connectivity index is 1.76. The third kappa shape index (κ3) is 4.13. The molecule has 5 nitrogen and oxygen atoms in total. The van der Waals surface area contributed by atoms with Crippen LogP contribution in [0.1, 0.15) is 25.0 Å². The second-order valence-corrected chi connectivity index (χ2v) is 7.65. The molecule has 0 atom stereocenters. The summed E-state index contributed by atoms with van der Waals surface area (Å²) < 4.78 is 8.97. The van der Waals surface area contributed by atoms with E-state index in [0.717, 1.165) is 27.0 Å². The number of benzene rings is 2. The van der Waals surface area contributed by atoms with Gasteiger partial charge in [0.1, 0.15) is 18.4 Å². The maximum atomic E-state index is 9.78. The number of hydrogen-bond donors (Lipinski definition) is 3. The number of aromatic nitrogens is 1. The van der Waals surface area contributed by atoms with Crippen LogP contribution in [0.4, 0.5) is 5.69 Å². The molecule has 0 bridgehead atoms. The standard InChI is InChI=1S/C20H21N3O2S/c1-13-7-8-17(19-18(13)14(10-21)11-22-19)23-26-16-6-4-5-15(9-16)25-12-20(2,3)24/h4-9,11,22-24H,12H2,1-3H3. The van der Waals surface area contributed by atoms with E-state index in [1.807, 2.05) is 43.3 Å². The first-order valence-electron chi connectivity index (χ1n) is 8.26. The monoisotopic (exact) mass is 367 g/mol. The van der Waals surface area contributed by atoms with Crippen molar-refractivity contribution >= 4 is 28.5 Å². The zero-order valence-electron chi connectivity index (χ0n) is 15.0. The van der Waals surface area contributed by atoms with Crippen molar-refractivity contribution in [1.29, 1.82) is 5.26 Å². The van der Waals surface area contributed by atoms with Crippen LogP contribution < -0.4 is 9.46 Å². The normalized spacial score (nSPS) is 11.3. The van der Waals surface area contributed by atoms with Gasteiger partial charge in [0.05, 0.1) is 22.4 Å². The minimum Gasteiger partial charge on any atom is -0.491 e. The molecule has 134 valence electrons. The SMILES string of the molecule is Cc1ccc(NSc2cccc(OCC(C)(C)O)c2)c2[nH]cc(C#N)c12. The molecule has 2 aromatic carbocycles. The third-order valence-corrected chi connectivity index (χ3v) is 4.65. The first-order chi connectivity index (χ1) is 12.4. The lowest BCUT2D eigenvalue weighted by molar-refractivity contribution is 0.0284. The Morgan fingerprint density at radius 3 is 2.85 bits per heavy atom. The Labute approximate surface area is 157 Å². The molecule has 0 spiro atoms. The summed E-state index contributed by atoms with van der Waals surface area (Å²) in [6, 6.07) is 13.9. The Hall–Kier alpha value is -2.62. The zero-order chi connectivity index (χ0) is 18.7. The Morgan fingerprint density at radius 2 is 2.12 bits per heavy atom. The number of anilines is 1. The number of nitrogens with one attached hydrogen (secondary N) is 2. The van der Waals surface area contributed by atoms with Gasteiger partial charge in [0.2, 0.25) is 0 Å². The fraction of sp³-hybridized carbons (Fsp3) is 0.250. The van der Waals surface area contributed by atoms with Crippen LogP contribution >= 0.6 is 11.9 Å². The highest BCUT2D eigenvalue weighted by molar-refractivity contribution is 8.00. The smallest absolute Gasteiger partial charge is 0.120 e. The summed E-state index contributed by atoms with van der Waals surface area (Å²) in [5, 5.41) is 20.0. The van der Waals surface area contributed by atoms with Crippen LogP contribution in [-0.4, -0.2) is 22.3 Å². The van der Waals surface area contributed by atoms with Crippen LogP contribution in [0.5, 0.6) is 5.75 Å². The second-order valence-electron chi connectivity index (χ2n) is 6.77. The lowest BCUT2D eigenvalue weighted by Gasteiger charge is -2.18. The van der Waals surface area contributed by atoms with Gasteiger partial charge in [-0.1, -0.05) is 12.1 Å². The quantitative estimate of drug-likeness (QED) is 0.554. The molecule has 1 heterocycles. The van der Waals surface area contributed by atoms with Crippen LogP contribution in [0.2, 0.25) is 0 Å². The first kappa shape index (κ1) is 18.2. The summed E-state index contributed by atoms with van der Waals surface area (Å²) in [7, 11) is 0. The summed E-state index contributed by atoms with van der Waals surface area (Å²) >= 11 is 1.46. The number of nitrogens with zero attached hydrogens (tertiary/aromatic N) is 1. The molecular weight excluding hydrogens is 346 g/mol. The molecule has 0 unspecified atom stereocenters. The van der Waals surface area contributed by atoms with E-state index in [-0.39, 0.29) is 6.61 Å². The molecule has 6 heteroatoms. The maximum absolute atomic E-state index is 9.78. The number of H-pyrrole nitrogens is 1. The Bertz CT molecular complexity index is 967. The maximum Gasteiger partial charge on any atom is 0.120 e. The largest absolute Gasteiger partial charge is 0.491 e. The van der Waals surface area contributed by atoms with Gasteiger partial charge < -0.3 is 19.5 Å². The van der Waals surface area contributed by atoms with Crippen LogP contribution in [-0.2, 0) is 0 Å². The van der Waals surface area contributed by atoms with Crippen LogP contribution in [0.15, 0.2) is 47.5 Å². The van der Waals surface area contributed by atoms with Gasteiger partial charge in [-0.05, 0) is 62.5 Å². The topological polar surface area (TPSA) is 81.1 Å². The number of aliphatic hydroxyl groups is 1. The van der Waals surface area contributed by atoms with Gasteiger partial charge in [-0.2, -0.15) is 5.26 Å². The summed E-state index contributed by atoms with van der Waals surface area (Å²) in [6.45, 7) is 5.65. The number of aromatic amines is 1. The zero-order valence-corrected chi connectivity index (χ0v) is 15.8. The highest BCUT2D eigenvalue weighted by Crippen LogP contribution is 2.32. The molecule has 3 aromatic rings. The third-order valence-electron chi connectivity index (χ3n) is 3.84. The van der Waals surface area contributed by atoms with Crippen molar-refractivity contribution in [2.45, 2.75) is 31.3 Å². The fourth-order valence-corrected chi connectivity index (χ4v) is 3.31. The number of ether oxygens (including phenoxy) is 1. The van der Waals surface area contributed by atoms with Gasteiger partial charge in [0.15, 0.2) is 0 Å². The molecule has 0 aliphatic rings. The van der Waals surface area contributed by atoms with Crippen molar-refractivity contribution in [1.82, 2.24) is 4.98 Å². The highest BCUT2D eigenvalue weighted by atomic mass is 32.2. The van der Waals surface area contributed by atoms with Crippen molar-refractivity contribution in [2.75, 3.05) is 11.3 Å². The van der Waals surface area contributed by atoms with E-state index in [4.69, 9.17) is 4.74 Å². The molecule has 0 aliphatic carbocycles.